The Morgan fingerprint density at radius 3 is 2.36 bits per heavy atom. The summed E-state index contributed by atoms with van der Waals surface area (Å²) in [6.07, 6.45) is -2.76. The van der Waals surface area contributed by atoms with E-state index in [1.54, 1.807) is 36.1 Å². The molecule has 4 atom stereocenters. The number of aliphatic hydroxyl groups excluding tert-OH is 1. The predicted octanol–water partition coefficient (Wildman–Crippen LogP) is 6.74. The number of carbonyl (C=O) groups is 1. The molecule has 0 saturated heterocycles. The number of carbonyl (C=O) groups excluding carboxylic acids is 1. The fraction of sp³-hybridized carbons (Fsp3) is 0.486. The summed E-state index contributed by atoms with van der Waals surface area (Å²) in [4.78, 5) is 18.0. The van der Waals surface area contributed by atoms with Gasteiger partial charge < -0.3 is 19.5 Å². The first kappa shape index (κ1) is 39.1. The van der Waals surface area contributed by atoms with Gasteiger partial charge >= 0.3 is 6.18 Å². The molecule has 3 aromatic carbocycles. The third-order valence-corrected chi connectivity index (χ3v) is 10.3. The number of anilines is 1. The molecule has 1 aliphatic rings. The lowest BCUT2D eigenvalue weighted by Crippen LogP contribution is -2.47. The monoisotopic (exact) mass is 719 g/mol. The van der Waals surface area contributed by atoms with Gasteiger partial charge in [0.05, 0.1) is 40.9 Å². The maximum Gasteiger partial charge on any atom is 0.416 e. The SMILES string of the molecule is Cc1ccc(S(=O)(=O)Nc2ccc3c(c2)C(=O)N([C@@H](C)CO)C[C@H](C)[C@H](CN(C)Cc2ccc(C(F)(F)F)cc2)OCCCC[C@H](C)O3)cc1. The standard InChI is InChI=1S/C37H48F3N3O6S/c1-25-9-16-32(17-10-25)50(46,47)41-31-15-18-34-33(20-31)36(45)43(27(3)24-44)21-26(2)35(48-19-7-6-8-28(4)49-34)23-42(5)22-29-11-13-30(14-12-29)37(38,39)40/h9-18,20,26-28,35,41,44H,6-8,19,21-24H2,1-5H3/t26-,27-,28-,35-/m0/s1. The molecule has 9 nitrogen and oxygen atoms in total. The minimum absolute atomic E-state index is 0.0815. The molecule has 0 spiro atoms. The summed E-state index contributed by atoms with van der Waals surface area (Å²) < 4.78 is 80.9. The Kier molecular flexibility index (Phi) is 13.3. The highest BCUT2D eigenvalue weighted by molar-refractivity contribution is 7.92. The summed E-state index contributed by atoms with van der Waals surface area (Å²) >= 11 is 0. The minimum atomic E-state index is -4.41. The number of hydrogen-bond donors (Lipinski definition) is 2. The number of nitrogens with zero attached hydrogens (tertiary/aromatic N) is 2. The van der Waals surface area contributed by atoms with Crippen LogP contribution in [-0.2, 0) is 27.5 Å². The van der Waals surface area contributed by atoms with Gasteiger partial charge in [-0.1, -0.05) is 36.8 Å². The van der Waals surface area contributed by atoms with E-state index in [-0.39, 0.29) is 47.4 Å². The first-order chi connectivity index (χ1) is 23.6. The number of likely N-dealkylation sites (N-methyl/N-ethyl adjacent to an activating group) is 1. The number of sulfonamides is 1. The van der Waals surface area contributed by atoms with Gasteiger partial charge in [0.2, 0.25) is 0 Å². The Balaban J connectivity index is 1.61. The fourth-order valence-corrected chi connectivity index (χ4v) is 6.91. The Hall–Kier alpha value is -3.65. The van der Waals surface area contributed by atoms with Crippen LogP contribution < -0.4 is 9.46 Å². The first-order valence-electron chi connectivity index (χ1n) is 16.9. The molecule has 1 aliphatic heterocycles. The smallest absolute Gasteiger partial charge is 0.416 e. The van der Waals surface area contributed by atoms with Crippen molar-refractivity contribution in [3.8, 4) is 5.75 Å². The van der Waals surface area contributed by atoms with Crippen LogP contribution in [0.2, 0.25) is 0 Å². The van der Waals surface area contributed by atoms with Gasteiger partial charge in [0.25, 0.3) is 15.9 Å². The van der Waals surface area contributed by atoms with Gasteiger partial charge in [0.15, 0.2) is 0 Å². The number of hydrogen-bond acceptors (Lipinski definition) is 7. The van der Waals surface area contributed by atoms with Crippen LogP contribution in [0.5, 0.6) is 5.75 Å². The lowest BCUT2D eigenvalue weighted by atomic mass is 10.0. The number of aliphatic hydroxyl groups is 1. The number of nitrogens with one attached hydrogen (secondary N) is 1. The van der Waals surface area contributed by atoms with E-state index in [9.17, 15) is 31.5 Å². The zero-order valence-electron chi connectivity index (χ0n) is 29.2. The molecule has 1 heterocycles. The highest BCUT2D eigenvalue weighted by Crippen LogP contribution is 2.31. The fourth-order valence-electron chi connectivity index (χ4n) is 5.86. The number of halogens is 3. The second-order valence-corrected chi connectivity index (χ2v) is 15.0. The third kappa shape index (κ3) is 10.7. The molecule has 2 N–H and O–H groups in total. The van der Waals surface area contributed by atoms with Crippen molar-refractivity contribution in [1.29, 1.82) is 0 Å². The number of fused-ring (bicyclic) bond motifs is 1. The number of benzene rings is 3. The normalized spacial score (nSPS) is 20.5. The highest BCUT2D eigenvalue weighted by atomic mass is 32.2. The number of rotatable bonds is 9. The van der Waals surface area contributed by atoms with E-state index in [4.69, 9.17) is 9.47 Å². The number of aryl methyl sites for hydroxylation is 1. The molecule has 4 rings (SSSR count). The Labute approximate surface area is 293 Å². The Bertz CT molecular complexity index is 1670. The molecule has 0 saturated carbocycles. The zero-order valence-corrected chi connectivity index (χ0v) is 30.1. The molecule has 0 bridgehead atoms. The van der Waals surface area contributed by atoms with Gasteiger partial charge in [-0.2, -0.15) is 13.2 Å². The lowest BCUT2D eigenvalue weighted by Gasteiger charge is -2.36. The molecule has 0 aromatic heterocycles. The average molecular weight is 720 g/mol. The van der Waals surface area contributed by atoms with Crippen LogP contribution in [-0.4, -0.2) is 80.8 Å². The molecular formula is C37H48F3N3O6S. The van der Waals surface area contributed by atoms with Crippen LogP contribution in [0.25, 0.3) is 0 Å². The van der Waals surface area contributed by atoms with Gasteiger partial charge in [-0.15, -0.1) is 0 Å². The van der Waals surface area contributed by atoms with Crippen LogP contribution in [0.15, 0.2) is 71.6 Å². The summed E-state index contributed by atoms with van der Waals surface area (Å²) in [7, 11) is -2.09. The second kappa shape index (κ2) is 17.0. The highest BCUT2D eigenvalue weighted by Gasteiger charge is 2.32. The predicted molar refractivity (Wildman–Crippen MR) is 187 cm³/mol. The topological polar surface area (TPSA) is 108 Å². The Morgan fingerprint density at radius 2 is 1.72 bits per heavy atom. The van der Waals surface area contributed by atoms with Crippen LogP contribution in [0.1, 0.15) is 67.1 Å². The largest absolute Gasteiger partial charge is 0.490 e. The molecule has 0 unspecified atom stereocenters. The molecule has 13 heteroatoms. The van der Waals surface area contributed by atoms with Crippen molar-refractivity contribution in [1.82, 2.24) is 9.80 Å². The van der Waals surface area contributed by atoms with E-state index in [1.165, 1.54) is 30.3 Å². The molecule has 1 amide bonds. The van der Waals surface area contributed by atoms with Gasteiger partial charge in [-0.3, -0.25) is 14.4 Å². The van der Waals surface area contributed by atoms with Crippen LogP contribution in [0.3, 0.4) is 0 Å². The van der Waals surface area contributed by atoms with E-state index in [2.05, 4.69) is 4.72 Å². The van der Waals surface area contributed by atoms with Crippen LogP contribution >= 0.6 is 0 Å². The molecule has 274 valence electrons. The summed E-state index contributed by atoms with van der Waals surface area (Å²) in [5.41, 5.74) is 1.27. The molecular weight excluding hydrogens is 671 g/mol. The number of amides is 1. The van der Waals surface area contributed by atoms with Gasteiger partial charge in [-0.05, 0) is 95.1 Å². The van der Waals surface area contributed by atoms with Gasteiger partial charge in [-0.25, -0.2) is 8.42 Å². The molecule has 0 aliphatic carbocycles. The summed E-state index contributed by atoms with van der Waals surface area (Å²) in [6.45, 7) is 8.65. The molecule has 50 heavy (non-hydrogen) atoms. The van der Waals surface area contributed by atoms with Crippen molar-refractivity contribution < 1.29 is 41.0 Å². The molecule has 3 aromatic rings. The van der Waals surface area contributed by atoms with Crippen molar-refractivity contribution in [2.75, 3.05) is 38.1 Å². The first-order valence-corrected chi connectivity index (χ1v) is 18.3. The average Bonchev–Trinajstić information content (AvgIpc) is 3.06. The summed E-state index contributed by atoms with van der Waals surface area (Å²) in [5, 5.41) is 10.2. The zero-order chi connectivity index (χ0) is 36.6. The van der Waals surface area contributed by atoms with Gasteiger partial charge in [0, 0.05) is 37.8 Å². The summed E-state index contributed by atoms with van der Waals surface area (Å²) in [6, 6.07) is 15.5. The van der Waals surface area contributed by atoms with Crippen LogP contribution in [0, 0.1) is 12.8 Å². The van der Waals surface area contributed by atoms with E-state index in [0.717, 1.165) is 36.1 Å². The van der Waals surface area contributed by atoms with Crippen LogP contribution in [0.4, 0.5) is 18.9 Å². The molecule has 0 radical (unpaired) electrons. The third-order valence-electron chi connectivity index (χ3n) is 8.86. The van der Waals surface area contributed by atoms with E-state index in [0.29, 0.717) is 31.9 Å². The van der Waals surface area contributed by atoms with Crippen molar-refractivity contribution in [2.24, 2.45) is 5.92 Å². The summed E-state index contributed by atoms with van der Waals surface area (Å²) in [5.74, 6) is -0.354. The Morgan fingerprint density at radius 1 is 1.04 bits per heavy atom. The quantitative estimate of drug-likeness (QED) is 0.252. The minimum Gasteiger partial charge on any atom is -0.490 e. The lowest BCUT2D eigenvalue weighted by molar-refractivity contribution is -0.137. The van der Waals surface area contributed by atoms with Crippen molar-refractivity contribution in [2.45, 2.75) is 82.8 Å². The number of ether oxygens (including phenoxy) is 2. The molecule has 0 fully saturated rings. The van der Waals surface area contributed by atoms with Crippen molar-refractivity contribution >= 4 is 21.6 Å². The van der Waals surface area contributed by atoms with E-state index in [1.807, 2.05) is 32.7 Å². The van der Waals surface area contributed by atoms with Gasteiger partial charge in [0.1, 0.15) is 5.75 Å². The van der Waals surface area contributed by atoms with E-state index < -0.39 is 33.7 Å². The maximum absolute atomic E-state index is 14.4. The maximum atomic E-state index is 14.4. The van der Waals surface area contributed by atoms with E-state index >= 15 is 0 Å². The van der Waals surface area contributed by atoms with Crippen molar-refractivity contribution in [3.63, 3.8) is 0 Å². The number of alkyl halides is 3. The van der Waals surface area contributed by atoms with Crippen molar-refractivity contribution in [3.05, 3.63) is 89.0 Å². The second-order valence-electron chi connectivity index (χ2n) is 13.3.